The molecule has 5 nitrogen and oxygen atoms in total. The first-order chi connectivity index (χ1) is 14.2. The summed E-state index contributed by atoms with van der Waals surface area (Å²) in [7, 11) is 1.61. The fraction of sp³-hybridized carbons (Fsp3) is 0.360. The van der Waals surface area contributed by atoms with Crippen molar-refractivity contribution in [1.29, 1.82) is 0 Å². The first-order valence-corrected chi connectivity index (χ1v) is 10.3. The molecule has 1 heterocycles. The molecule has 0 atom stereocenters. The molecular formula is C25H31N3O2. The number of likely N-dealkylation sites (N-methyl/N-ethyl adjacent to an activating group) is 1. The Morgan fingerprint density at radius 3 is 2.70 bits per heavy atom. The molecule has 0 unspecified atom stereocenters. The highest BCUT2D eigenvalue weighted by atomic mass is 16.5. The van der Waals surface area contributed by atoms with E-state index >= 15 is 0 Å². The molecule has 0 spiro atoms. The second kappa shape index (κ2) is 8.74. The van der Waals surface area contributed by atoms with Gasteiger partial charge in [-0.25, -0.2) is 5.43 Å². The molecule has 1 N–H and O–H groups in total. The molecule has 2 aromatic rings. The SMILES string of the molecule is CCN1c2cc(C)c(/C=N/NC(=O)Cc3cccc(OC)c3)cc2C(C)=CC1(C)C. The summed E-state index contributed by atoms with van der Waals surface area (Å²) in [5, 5.41) is 4.19. The number of allylic oxidation sites excluding steroid dienone is 1. The Morgan fingerprint density at radius 1 is 1.23 bits per heavy atom. The molecule has 0 saturated heterocycles. The first kappa shape index (κ1) is 21.6. The van der Waals surface area contributed by atoms with E-state index in [0.717, 1.165) is 29.0 Å². The van der Waals surface area contributed by atoms with Crippen LogP contribution in [0.5, 0.6) is 5.75 Å². The zero-order valence-corrected chi connectivity index (χ0v) is 18.7. The van der Waals surface area contributed by atoms with Gasteiger partial charge in [-0.3, -0.25) is 4.79 Å². The number of carbonyl (C=O) groups excluding carboxylic acids is 1. The smallest absolute Gasteiger partial charge is 0.244 e. The molecule has 0 bridgehead atoms. The third-order valence-electron chi connectivity index (χ3n) is 5.57. The second-order valence-corrected chi connectivity index (χ2v) is 8.27. The minimum Gasteiger partial charge on any atom is -0.497 e. The van der Waals surface area contributed by atoms with E-state index in [1.165, 1.54) is 16.8 Å². The summed E-state index contributed by atoms with van der Waals surface area (Å²) >= 11 is 0. The Balaban J connectivity index is 1.75. The van der Waals surface area contributed by atoms with E-state index in [9.17, 15) is 4.79 Å². The molecule has 1 aliphatic heterocycles. The first-order valence-electron chi connectivity index (χ1n) is 10.3. The summed E-state index contributed by atoms with van der Waals surface area (Å²) in [6.45, 7) is 11.8. The normalized spacial score (nSPS) is 15.0. The van der Waals surface area contributed by atoms with Crippen molar-refractivity contribution in [2.24, 2.45) is 5.10 Å². The van der Waals surface area contributed by atoms with E-state index < -0.39 is 0 Å². The highest BCUT2D eigenvalue weighted by Gasteiger charge is 2.30. The van der Waals surface area contributed by atoms with Gasteiger partial charge in [-0.15, -0.1) is 0 Å². The zero-order chi connectivity index (χ0) is 21.9. The summed E-state index contributed by atoms with van der Waals surface area (Å²) in [5.74, 6) is 0.575. The molecule has 0 fully saturated rings. The molecule has 0 aromatic heterocycles. The van der Waals surface area contributed by atoms with Crippen LogP contribution in [0.2, 0.25) is 0 Å². The fourth-order valence-corrected chi connectivity index (χ4v) is 4.14. The van der Waals surface area contributed by atoms with Crippen LogP contribution in [0.3, 0.4) is 0 Å². The quantitative estimate of drug-likeness (QED) is 0.559. The molecule has 30 heavy (non-hydrogen) atoms. The second-order valence-electron chi connectivity index (χ2n) is 8.27. The average molecular weight is 406 g/mol. The minimum absolute atomic E-state index is 0.0119. The highest BCUT2D eigenvalue weighted by Crippen LogP contribution is 2.39. The third kappa shape index (κ3) is 4.56. The number of benzene rings is 2. The van der Waals surface area contributed by atoms with Gasteiger partial charge in [0.2, 0.25) is 5.91 Å². The van der Waals surface area contributed by atoms with Crippen LogP contribution >= 0.6 is 0 Å². The lowest BCUT2D eigenvalue weighted by Crippen LogP contribution is -2.45. The van der Waals surface area contributed by atoms with Crippen molar-refractivity contribution in [3.8, 4) is 5.75 Å². The predicted octanol–water partition coefficient (Wildman–Crippen LogP) is 4.72. The van der Waals surface area contributed by atoms with Crippen molar-refractivity contribution in [3.63, 3.8) is 0 Å². The number of ether oxygens (including phenoxy) is 1. The maximum atomic E-state index is 12.2. The van der Waals surface area contributed by atoms with E-state index in [1.54, 1.807) is 13.3 Å². The molecule has 3 rings (SSSR count). The van der Waals surface area contributed by atoms with Crippen molar-refractivity contribution < 1.29 is 9.53 Å². The predicted molar refractivity (Wildman–Crippen MR) is 124 cm³/mol. The maximum Gasteiger partial charge on any atom is 0.244 e. The lowest BCUT2D eigenvalue weighted by atomic mass is 9.87. The minimum atomic E-state index is -0.162. The van der Waals surface area contributed by atoms with Gasteiger partial charge in [0.15, 0.2) is 0 Å². The molecule has 1 amide bonds. The number of amides is 1. The molecule has 1 aliphatic rings. The standard InChI is InChI=1S/C25H31N3O2/c1-7-28-23-11-17(2)20(14-22(23)18(3)15-25(28,4)5)16-26-27-24(29)13-19-9-8-10-21(12-19)30-6/h8-12,14-16H,7,13H2,1-6H3,(H,27,29)/b26-16+. The van der Waals surface area contributed by atoms with Crippen molar-refractivity contribution in [3.05, 3.63) is 64.7 Å². The Bertz CT molecular complexity index is 1010. The molecule has 0 aliphatic carbocycles. The number of fused-ring (bicyclic) bond motifs is 1. The van der Waals surface area contributed by atoms with Gasteiger partial charge in [0.1, 0.15) is 5.75 Å². The summed E-state index contributed by atoms with van der Waals surface area (Å²) in [6.07, 6.45) is 4.29. The number of hydrogen-bond acceptors (Lipinski definition) is 4. The number of methoxy groups -OCH3 is 1. The molecule has 5 heteroatoms. The van der Waals surface area contributed by atoms with E-state index in [0.29, 0.717) is 0 Å². The van der Waals surface area contributed by atoms with Gasteiger partial charge in [-0.05, 0) is 81.1 Å². The number of aryl methyl sites for hydroxylation is 1. The average Bonchev–Trinajstić information content (AvgIpc) is 2.68. The van der Waals surface area contributed by atoms with E-state index in [-0.39, 0.29) is 17.9 Å². The van der Waals surface area contributed by atoms with Crippen molar-refractivity contribution in [1.82, 2.24) is 5.43 Å². The highest BCUT2D eigenvalue weighted by molar-refractivity contribution is 5.90. The maximum absolute atomic E-state index is 12.2. The molecule has 2 aromatic carbocycles. The number of nitrogens with zero attached hydrogens (tertiary/aromatic N) is 2. The van der Waals surface area contributed by atoms with Crippen LogP contribution in [0.15, 0.2) is 47.6 Å². The van der Waals surface area contributed by atoms with Crippen LogP contribution < -0.4 is 15.1 Å². The van der Waals surface area contributed by atoms with Crippen LogP contribution in [-0.4, -0.2) is 31.3 Å². The largest absolute Gasteiger partial charge is 0.497 e. The Morgan fingerprint density at radius 2 is 2.00 bits per heavy atom. The Labute approximate surface area is 179 Å². The number of nitrogens with one attached hydrogen (secondary N) is 1. The van der Waals surface area contributed by atoms with Crippen molar-refractivity contribution in [2.45, 2.75) is 46.6 Å². The number of hydrogen-bond donors (Lipinski definition) is 1. The van der Waals surface area contributed by atoms with Crippen LogP contribution in [0.4, 0.5) is 5.69 Å². The molecule has 158 valence electrons. The monoisotopic (exact) mass is 405 g/mol. The van der Waals surface area contributed by atoms with Gasteiger partial charge < -0.3 is 9.64 Å². The number of rotatable bonds is 6. The Kier molecular flexibility index (Phi) is 6.30. The van der Waals surface area contributed by atoms with E-state index in [2.05, 4.69) is 68.3 Å². The number of carbonyl (C=O) groups is 1. The van der Waals surface area contributed by atoms with Gasteiger partial charge in [0, 0.05) is 17.8 Å². The van der Waals surface area contributed by atoms with Gasteiger partial charge in [-0.1, -0.05) is 18.2 Å². The van der Waals surface area contributed by atoms with E-state index in [4.69, 9.17) is 4.74 Å². The van der Waals surface area contributed by atoms with Crippen molar-refractivity contribution >= 4 is 23.4 Å². The van der Waals surface area contributed by atoms with Gasteiger partial charge in [0.25, 0.3) is 0 Å². The molecule has 0 radical (unpaired) electrons. The number of anilines is 1. The van der Waals surface area contributed by atoms with Gasteiger partial charge in [0.05, 0.1) is 25.3 Å². The lowest BCUT2D eigenvalue weighted by Gasteiger charge is -2.43. The third-order valence-corrected chi connectivity index (χ3v) is 5.57. The summed E-state index contributed by atoms with van der Waals surface area (Å²) in [6, 6.07) is 11.9. The Hall–Kier alpha value is -3.08. The zero-order valence-electron chi connectivity index (χ0n) is 18.7. The fourth-order valence-electron chi connectivity index (χ4n) is 4.14. The number of hydrazone groups is 1. The molecular weight excluding hydrogens is 374 g/mol. The van der Waals surface area contributed by atoms with Gasteiger partial charge >= 0.3 is 0 Å². The van der Waals surface area contributed by atoms with Crippen LogP contribution in [-0.2, 0) is 11.2 Å². The lowest BCUT2D eigenvalue weighted by molar-refractivity contribution is -0.120. The topological polar surface area (TPSA) is 53.9 Å². The summed E-state index contributed by atoms with van der Waals surface area (Å²) in [4.78, 5) is 14.7. The van der Waals surface area contributed by atoms with Crippen LogP contribution in [0, 0.1) is 6.92 Å². The van der Waals surface area contributed by atoms with Crippen molar-refractivity contribution in [2.75, 3.05) is 18.6 Å². The van der Waals surface area contributed by atoms with E-state index in [1.807, 2.05) is 24.3 Å². The summed E-state index contributed by atoms with van der Waals surface area (Å²) < 4.78 is 5.20. The van der Waals surface area contributed by atoms with Gasteiger partial charge in [-0.2, -0.15) is 5.10 Å². The molecule has 0 saturated carbocycles. The van der Waals surface area contributed by atoms with Crippen LogP contribution in [0.1, 0.15) is 49.9 Å². The summed E-state index contributed by atoms with van der Waals surface area (Å²) in [5.41, 5.74) is 9.36. The van der Waals surface area contributed by atoms with Crippen LogP contribution in [0.25, 0.3) is 5.57 Å².